The number of methoxy groups -OCH3 is 2. The number of carbonyl (C=O) groups is 2. The lowest BCUT2D eigenvalue weighted by atomic mass is 9.79. The first-order chi connectivity index (χ1) is 19.0. The summed E-state index contributed by atoms with van der Waals surface area (Å²) in [5, 5.41) is 3.08. The third-order valence-electron chi connectivity index (χ3n) is 7.09. The molecular weight excluding hydrogens is 495 g/mol. The van der Waals surface area contributed by atoms with E-state index >= 15 is 0 Å². The van der Waals surface area contributed by atoms with Gasteiger partial charge in [-0.2, -0.15) is 0 Å². The van der Waals surface area contributed by atoms with E-state index in [1.807, 2.05) is 60.7 Å². The highest BCUT2D eigenvalue weighted by Gasteiger charge is 2.44. The first-order valence-electron chi connectivity index (χ1n) is 12.7. The minimum Gasteiger partial charge on any atom is -0.497 e. The van der Waals surface area contributed by atoms with Gasteiger partial charge in [-0.05, 0) is 53.1 Å². The van der Waals surface area contributed by atoms with Gasteiger partial charge in [0.1, 0.15) is 17.3 Å². The lowest BCUT2D eigenvalue weighted by Crippen LogP contribution is -2.47. The van der Waals surface area contributed by atoms with E-state index in [1.54, 1.807) is 43.4 Å². The number of benzene rings is 4. The van der Waals surface area contributed by atoms with Crippen LogP contribution in [0.5, 0.6) is 11.5 Å². The molecule has 198 valence electrons. The molecule has 4 aromatic carbocycles. The summed E-state index contributed by atoms with van der Waals surface area (Å²) in [7, 11) is 3.18. The van der Waals surface area contributed by atoms with E-state index in [9.17, 15) is 14.0 Å². The number of carbonyl (C=O) groups excluding carboxylic acids is 2. The van der Waals surface area contributed by atoms with Gasteiger partial charge in [-0.3, -0.25) is 9.59 Å². The van der Waals surface area contributed by atoms with Crippen molar-refractivity contribution in [3.63, 3.8) is 0 Å². The molecule has 1 heterocycles. The van der Waals surface area contributed by atoms with Crippen molar-refractivity contribution in [1.29, 1.82) is 0 Å². The zero-order valence-corrected chi connectivity index (χ0v) is 21.8. The summed E-state index contributed by atoms with van der Waals surface area (Å²) in [5.74, 6) is -0.0997. The smallest absolute Gasteiger partial charge is 0.255 e. The first kappa shape index (κ1) is 26.0. The molecule has 0 aromatic heterocycles. The van der Waals surface area contributed by atoms with Crippen LogP contribution in [0.15, 0.2) is 97.1 Å². The molecule has 1 aliphatic rings. The zero-order valence-electron chi connectivity index (χ0n) is 21.8. The fourth-order valence-electron chi connectivity index (χ4n) is 5.15. The highest BCUT2D eigenvalue weighted by Crippen LogP contribution is 2.44. The Balaban J connectivity index is 1.58. The predicted molar refractivity (Wildman–Crippen MR) is 146 cm³/mol. The predicted octanol–water partition coefficient (Wildman–Crippen LogP) is 5.64. The van der Waals surface area contributed by atoms with Gasteiger partial charge in [-0.25, -0.2) is 4.39 Å². The minimum absolute atomic E-state index is 0.190. The molecule has 0 unspecified atom stereocenters. The summed E-state index contributed by atoms with van der Waals surface area (Å²) < 4.78 is 24.4. The number of fused-ring (bicyclic) bond motifs is 1. The van der Waals surface area contributed by atoms with E-state index < -0.39 is 12.0 Å². The van der Waals surface area contributed by atoms with Crippen LogP contribution in [0.2, 0.25) is 0 Å². The second-order valence-corrected chi connectivity index (χ2v) is 9.37. The highest BCUT2D eigenvalue weighted by atomic mass is 19.1. The van der Waals surface area contributed by atoms with Crippen LogP contribution in [0, 0.1) is 5.82 Å². The van der Waals surface area contributed by atoms with Gasteiger partial charge in [0, 0.05) is 24.2 Å². The number of para-hydroxylation sites is 1. The number of rotatable bonds is 8. The molecule has 0 fully saturated rings. The molecule has 1 N–H and O–H groups in total. The molecule has 39 heavy (non-hydrogen) atoms. The standard InChI is InChI=1S/C32H29FN2O4/c1-38-25-17-13-22(14-18-25)30-29(31(36)34-19-23-7-3-6-10-28(23)39-2)26-8-4-5-9-27(26)32(37)35(30)20-21-11-15-24(33)16-12-21/h3-18,29-30H,19-20H2,1-2H3,(H,34,36)/t29-,30+/m0/s1. The Bertz CT molecular complexity index is 1470. The van der Waals surface area contributed by atoms with Gasteiger partial charge >= 0.3 is 0 Å². The summed E-state index contributed by atoms with van der Waals surface area (Å²) in [4.78, 5) is 29.6. The Labute approximate surface area is 227 Å². The molecule has 0 saturated heterocycles. The molecule has 0 radical (unpaired) electrons. The third kappa shape index (κ3) is 5.34. The van der Waals surface area contributed by atoms with E-state index in [0.29, 0.717) is 22.6 Å². The topological polar surface area (TPSA) is 67.9 Å². The van der Waals surface area contributed by atoms with Crippen LogP contribution in [-0.2, 0) is 17.9 Å². The minimum atomic E-state index is -0.692. The van der Waals surface area contributed by atoms with Crippen LogP contribution >= 0.6 is 0 Å². The van der Waals surface area contributed by atoms with Gasteiger partial charge in [0.05, 0.1) is 26.2 Å². The molecule has 1 aliphatic heterocycles. The summed E-state index contributed by atoms with van der Waals surface area (Å²) in [6.45, 7) is 0.475. The normalized spacial score (nSPS) is 16.4. The van der Waals surface area contributed by atoms with Gasteiger partial charge < -0.3 is 19.7 Å². The Kier molecular flexibility index (Phi) is 7.59. The van der Waals surface area contributed by atoms with Crippen LogP contribution in [0.25, 0.3) is 0 Å². The summed E-state index contributed by atoms with van der Waals surface area (Å²) in [6, 6.07) is 27.6. The number of nitrogens with one attached hydrogen (secondary N) is 1. The van der Waals surface area contributed by atoms with E-state index in [4.69, 9.17) is 9.47 Å². The van der Waals surface area contributed by atoms with Crippen molar-refractivity contribution < 1.29 is 23.5 Å². The largest absolute Gasteiger partial charge is 0.497 e. The van der Waals surface area contributed by atoms with Crippen LogP contribution in [0.1, 0.15) is 44.6 Å². The summed E-state index contributed by atoms with van der Waals surface area (Å²) >= 11 is 0. The quantitative estimate of drug-likeness (QED) is 0.324. The molecule has 2 amide bonds. The van der Waals surface area contributed by atoms with Crippen molar-refractivity contribution in [3.05, 3.63) is 131 Å². The highest BCUT2D eigenvalue weighted by molar-refractivity contribution is 6.01. The maximum Gasteiger partial charge on any atom is 0.255 e. The van der Waals surface area contributed by atoms with Crippen LogP contribution in [0.4, 0.5) is 4.39 Å². The molecule has 6 nitrogen and oxygen atoms in total. The second-order valence-electron chi connectivity index (χ2n) is 9.37. The maximum atomic E-state index is 14.0. The van der Waals surface area contributed by atoms with Crippen molar-refractivity contribution in [2.24, 2.45) is 0 Å². The number of nitrogens with zero attached hydrogens (tertiary/aromatic N) is 1. The third-order valence-corrected chi connectivity index (χ3v) is 7.09. The lowest BCUT2D eigenvalue weighted by Gasteiger charge is -2.42. The molecule has 0 bridgehead atoms. The van der Waals surface area contributed by atoms with Crippen molar-refractivity contribution in [2.45, 2.75) is 25.0 Å². The van der Waals surface area contributed by atoms with Crippen molar-refractivity contribution in [2.75, 3.05) is 14.2 Å². The average Bonchev–Trinajstić information content (AvgIpc) is 2.98. The Hall–Kier alpha value is -4.65. The molecule has 0 saturated carbocycles. The number of amides is 2. The molecule has 0 aliphatic carbocycles. The molecular formula is C32H29FN2O4. The average molecular weight is 525 g/mol. The van der Waals surface area contributed by atoms with E-state index in [1.165, 1.54) is 12.1 Å². The molecule has 4 aromatic rings. The van der Waals surface area contributed by atoms with Crippen LogP contribution < -0.4 is 14.8 Å². The molecule has 5 rings (SSSR count). The number of halogens is 1. The van der Waals surface area contributed by atoms with Crippen LogP contribution in [-0.4, -0.2) is 30.9 Å². The zero-order chi connectivity index (χ0) is 27.4. The monoisotopic (exact) mass is 524 g/mol. The number of ether oxygens (including phenoxy) is 2. The van der Waals surface area contributed by atoms with Gasteiger partial charge in [0.2, 0.25) is 5.91 Å². The van der Waals surface area contributed by atoms with E-state index in [2.05, 4.69) is 5.32 Å². The second kappa shape index (κ2) is 11.4. The Morgan fingerprint density at radius 1 is 0.872 bits per heavy atom. The van der Waals surface area contributed by atoms with Gasteiger partial charge in [-0.1, -0.05) is 60.7 Å². The SMILES string of the molecule is COc1ccc([C@@H]2[C@@H](C(=O)NCc3ccccc3OC)c3ccccc3C(=O)N2Cc2ccc(F)cc2)cc1. The van der Waals surface area contributed by atoms with Crippen molar-refractivity contribution >= 4 is 11.8 Å². The molecule has 7 heteroatoms. The van der Waals surface area contributed by atoms with Gasteiger partial charge in [0.15, 0.2) is 0 Å². The van der Waals surface area contributed by atoms with E-state index in [-0.39, 0.29) is 30.7 Å². The molecule has 2 atom stereocenters. The van der Waals surface area contributed by atoms with Gasteiger partial charge in [-0.15, -0.1) is 0 Å². The Morgan fingerprint density at radius 2 is 1.56 bits per heavy atom. The van der Waals surface area contributed by atoms with Gasteiger partial charge in [0.25, 0.3) is 5.91 Å². The lowest BCUT2D eigenvalue weighted by molar-refractivity contribution is -0.124. The fraction of sp³-hybridized carbons (Fsp3) is 0.188. The van der Waals surface area contributed by atoms with Crippen LogP contribution in [0.3, 0.4) is 0 Å². The maximum absolute atomic E-state index is 14.0. The summed E-state index contributed by atoms with van der Waals surface area (Å²) in [6.07, 6.45) is 0. The van der Waals surface area contributed by atoms with Crippen molar-refractivity contribution in [1.82, 2.24) is 10.2 Å². The fourth-order valence-corrected chi connectivity index (χ4v) is 5.15. The van der Waals surface area contributed by atoms with E-state index in [0.717, 1.165) is 16.7 Å². The first-order valence-corrected chi connectivity index (χ1v) is 12.7. The van der Waals surface area contributed by atoms with Crippen molar-refractivity contribution in [3.8, 4) is 11.5 Å². The Morgan fingerprint density at radius 3 is 2.28 bits per heavy atom. The number of hydrogen-bond donors (Lipinski definition) is 1. The molecule has 0 spiro atoms. The summed E-state index contributed by atoms with van der Waals surface area (Å²) in [5.41, 5.74) is 3.53. The number of hydrogen-bond acceptors (Lipinski definition) is 4.